The molecule has 1 saturated heterocycles. The second-order valence-electron chi connectivity index (χ2n) is 4.58. The van der Waals surface area contributed by atoms with Crippen LogP contribution in [0.1, 0.15) is 19.8 Å². The fourth-order valence-electron chi connectivity index (χ4n) is 2.22. The molecule has 0 aromatic carbocycles. The first-order chi connectivity index (χ1) is 9.63. The molecule has 20 heavy (non-hydrogen) atoms. The first-order valence-electron chi connectivity index (χ1n) is 6.67. The van der Waals surface area contributed by atoms with Gasteiger partial charge in [0.1, 0.15) is 5.82 Å². The van der Waals surface area contributed by atoms with Crippen LogP contribution >= 0.6 is 11.8 Å². The Bertz CT molecular complexity index is 476. The van der Waals surface area contributed by atoms with E-state index in [4.69, 9.17) is 9.84 Å². The van der Waals surface area contributed by atoms with E-state index < -0.39 is 5.97 Å². The molecule has 0 spiro atoms. The Labute approximate surface area is 122 Å². The van der Waals surface area contributed by atoms with Gasteiger partial charge in [-0.05, 0) is 26.0 Å². The molecule has 0 unspecified atom stereocenters. The summed E-state index contributed by atoms with van der Waals surface area (Å²) in [5.74, 6) is 0.450. The van der Waals surface area contributed by atoms with E-state index in [1.807, 2.05) is 19.2 Å². The summed E-state index contributed by atoms with van der Waals surface area (Å²) >= 11 is 1.47. The SMILES string of the molecule is CCOc1cc(N2CCC(C(=O)O)CC2)nc(SC)n1. The Morgan fingerprint density at radius 3 is 2.75 bits per heavy atom. The Balaban J connectivity index is 2.12. The fraction of sp³-hybridized carbons (Fsp3) is 0.615. The molecule has 1 fully saturated rings. The van der Waals surface area contributed by atoms with Gasteiger partial charge in [0.05, 0.1) is 12.5 Å². The molecular weight excluding hydrogens is 278 g/mol. The highest BCUT2D eigenvalue weighted by Gasteiger charge is 2.25. The highest BCUT2D eigenvalue weighted by Crippen LogP contribution is 2.26. The lowest BCUT2D eigenvalue weighted by Gasteiger charge is -2.31. The molecule has 1 aliphatic heterocycles. The van der Waals surface area contributed by atoms with Gasteiger partial charge in [-0.1, -0.05) is 11.8 Å². The minimum Gasteiger partial charge on any atom is -0.481 e. The zero-order valence-corrected chi connectivity index (χ0v) is 12.5. The number of rotatable bonds is 5. The third kappa shape index (κ3) is 3.53. The number of hydrogen-bond donors (Lipinski definition) is 1. The maximum absolute atomic E-state index is 11.0. The molecular formula is C13H19N3O3S. The molecule has 1 aromatic rings. The van der Waals surface area contributed by atoms with E-state index in [-0.39, 0.29) is 5.92 Å². The minimum atomic E-state index is -0.702. The van der Waals surface area contributed by atoms with E-state index in [0.717, 1.165) is 5.82 Å². The van der Waals surface area contributed by atoms with E-state index in [0.29, 0.717) is 43.6 Å². The lowest BCUT2D eigenvalue weighted by atomic mass is 9.97. The molecule has 1 aromatic heterocycles. The summed E-state index contributed by atoms with van der Waals surface area (Å²) in [6, 6.07) is 1.82. The average Bonchev–Trinajstić information content (AvgIpc) is 2.47. The third-order valence-corrected chi connectivity index (χ3v) is 3.86. The van der Waals surface area contributed by atoms with Crippen molar-refractivity contribution in [2.45, 2.75) is 24.9 Å². The smallest absolute Gasteiger partial charge is 0.306 e. The molecule has 1 aliphatic rings. The maximum atomic E-state index is 11.0. The van der Waals surface area contributed by atoms with Gasteiger partial charge in [0, 0.05) is 19.2 Å². The van der Waals surface area contributed by atoms with Crippen molar-refractivity contribution in [2.24, 2.45) is 5.92 Å². The molecule has 0 saturated carbocycles. The van der Waals surface area contributed by atoms with E-state index in [2.05, 4.69) is 14.9 Å². The van der Waals surface area contributed by atoms with Gasteiger partial charge in [-0.3, -0.25) is 4.79 Å². The Morgan fingerprint density at radius 2 is 2.20 bits per heavy atom. The van der Waals surface area contributed by atoms with Crippen molar-refractivity contribution in [3.05, 3.63) is 6.07 Å². The van der Waals surface area contributed by atoms with E-state index in [1.165, 1.54) is 11.8 Å². The number of aliphatic carboxylic acids is 1. The predicted octanol–water partition coefficient (Wildman–Crippen LogP) is 1.90. The number of hydrogen-bond acceptors (Lipinski definition) is 6. The molecule has 1 N–H and O–H groups in total. The van der Waals surface area contributed by atoms with Crippen molar-refractivity contribution in [1.82, 2.24) is 9.97 Å². The van der Waals surface area contributed by atoms with Gasteiger partial charge in [-0.2, -0.15) is 4.98 Å². The number of carboxylic acid groups (broad SMARTS) is 1. The van der Waals surface area contributed by atoms with Crippen LogP contribution in [0.25, 0.3) is 0 Å². The maximum Gasteiger partial charge on any atom is 0.306 e. The number of piperidine rings is 1. The average molecular weight is 297 g/mol. The first kappa shape index (κ1) is 14.9. The van der Waals surface area contributed by atoms with Crippen LogP contribution in [-0.4, -0.2) is 47.0 Å². The normalized spacial score (nSPS) is 16.2. The van der Waals surface area contributed by atoms with Crippen LogP contribution < -0.4 is 9.64 Å². The largest absolute Gasteiger partial charge is 0.481 e. The number of thioether (sulfide) groups is 1. The fourth-order valence-corrected chi connectivity index (χ4v) is 2.59. The number of anilines is 1. The summed E-state index contributed by atoms with van der Waals surface area (Å²) in [5.41, 5.74) is 0. The highest BCUT2D eigenvalue weighted by atomic mass is 32.2. The number of ether oxygens (including phenoxy) is 1. The van der Waals surface area contributed by atoms with Crippen LogP contribution in [-0.2, 0) is 4.79 Å². The lowest BCUT2D eigenvalue weighted by Crippen LogP contribution is -2.36. The van der Waals surface area contributed by atoms with Crippen LogP contribution in [0.2, 0.25) is 0 Å². The molecule has 0 atom stereocenters. The van der Waals surface area contributed by atoms with E-state index >= 15 is 0 Å². The van der Waals surface area contributed by atoms with Crippen LogP contribution in [0.15, 0.2) is 11.2 Å². The van der Waals surface area contributed by atoms with Crippen LogP contribution in [0.5, 0.6) is 5.88 Å². The van der Waals surface area contributed by atoms with Crippen LogP contribution in [0.4, 0.5) is 5.82 Å². The number of carboxylic acids is 1. The van der Waals surface area contributed by atoms with Gasteiger partial charge in [-0.25, -0.2) is 4.98 Å². The van der Waals surface area contributed by atoms with Crippen molar-refractivity contribution >= 4 is 23.5 Å². The van der Waals surface area contributed by atoms with Crippen molar-refractivity contribution < 1.29 is 14.6 Å². The van der Waals surface area contributed by atoms with Gasteiger partial charge < -0.3 is 14.7 Å². The van der Waals surface area contributed by atoms with E-state index in [9.17, 15) is 4.79 Å². The standard InChI is InChI=1S/C13H19N3O3S/c1-3-19-11-8-10(14-13(15-11)20-2)16-6-4-9(5-7-16)12(17)18/h8-9H,3-7H2,1-2H3,(H,17,18). The summed E-state index contributed by atoms with van der Waals surface area (Å²) in [4.78, 5) is 21.8. The van der Waals surface area contributed by atoms with Crippen LogP contribution in [0.3, 0.4) is 0 Å². The topological polar surface area (TPSA) is 75.5 Å². The Kier molecular flexibility index (Phi) is 5.05. The van der Waals surface area contributed by atoms with Crippen LogP contribution in [0, 0.1) is 5.92 Å². The summed E-state index contributed by atoms with van der Waals surface area (Å²) < 4.78 is 5.45. The van der Waals surface area contributed by atoms with Gasteiger partial charge in [0.2, 0.25) is 5.88 Å². The summed E-state index contributed by atoms with van der Waals surface area (Å²) in [5, 5.41) is 9.70. The monoisotopic (exact) mass is 297 g/mol. The second kappa shape index (κ2) is 6.78. The lowest BCUT2D eigenvalue weighted by molar-refractivity contribution is -0.142. The quantitative estimate of drug-likeness (QED) is 0.657. The van der Waals surface area contributed by atoms with Gasteiger partial charge in [0.25, 0.3) is 0 Å². The second-order valence-corrected chi connectivity index (χ2v) is 5.36. The third-order valence-electron chi connectivity index (χ3n) is 3.31. The number of aromatic nitrogens is 2. The molecule has 0 amide bonds. The van der Waals surface area contributed by atoms with Gasteiger partial charge >= 0.3 is 5.97 Å². The molecule has 2 heterocycles. The van der Waals surface area contributed by atoms with Crippen molar-refractivity contribution in [2.75, 3.05) is 30.9 Å². The van der Waals surface area contributed by atoms with Gasteiger partial charge in [0.15, 0.2) is 5.16 Å². The summed E-state index contributed by atoms with van der Waals surface area (Å²) in [6.45, 7) is 3.88. The molecule has 110 valence electrons. The Hall–Kier alpha value is -1.50. The van der Waals surface area contributed by atoms with Gasteiger partial charge in [-0.15, -0.1) is 0 Å². The molecule has 6 nitrogen and oxygen atoms in total. The van der Waals surface area contributed by atoms with Crippen molar-refractivity contribution in [1.29, 1.82) is 0 Å². The number of carbonyl (C=O) groups is 1. The summed E-state index contributed by atoms with van der Waals surface area (Å²) in [6.07, 6.45) is 3.22. The molecule has 2 rings (SSSR count). The zero-order chi connectivity index (χ0) is 14.5. The zero-order valence-electron chi connectivity index (χ0n) is 11.7. The van der Waals surface area contributed by atoms with E-state index in [1.54, 1.807) is 0 Å². The molecule has 0 radical (unpaired) electrons. The highest BCUT2D eigenvalue weighted by molar-refractivity contribution is 7.98. The predicted molar refractivity (Wildman–Crippen MR) is 77.6 cm³/mol. The number of nitrogens with zero attached hydrogens (tertiary/aromatic N) is 3. The molecule has 7 heteroatoms. The first-order valence-corrected chi connectivity index (χ1v) is 7.90. The summed E-state index contributed by atoms with van der Waals surface area (Å²) in [7, 11) is 0. The molecule has 0 aliphatic carbocycles. The minimum absolute atomic E-state index is 0.237. The Morgan fingerprint density at radius 1 is 1.50 bits per heavy atom. The van der Waals surface area contributed by atoms with Crippen molar-refractivity contribution in [3.63, 3.8) is 0 Å². The molecule has 0 bridgehead atoms. The van der Waals surface area contributed by atoms with Crippen molar-refractivity contribution in [3.8, 4) is 5.88 Å².